The van der Waals surface area contributed by atoms with E-state index in [0.29, 0.717) is 0 Å². The van der Waals surface area contributed by atoms with Crippen LogP contribution in [-0.4, -0.2) is 21.0 Å². The van der Waals surface area contributed by atoms with Crippen molar-refractivity contribution in [1.82, 2.24) is 14.5 Å². The van der Waals surface area contributed by atoms with Crippen LogP contribution in [0.15, 0.2) is 84.9 Å². The number of aromatic nitrogens is 2. The van der Waals surface area contributed by atoms with E-state index >= 15 is 0 Å². The van der Waals surface area contributed by atoms with Crippen LogP contribution in [0, 0.1) is 0 Å². The molecule has 0 amide bonds. The van der Waals surface area contributed by atoms with Crippen molar-refractivity contribution in [1.29, 1.82) is 0 Å². The van der Waals surface area contributed by atoms with E-state index in [0.717, 1.165) is 63.4 Å². The zero-order valence-corrected chi connectivity index (χ0v) is 21.6. The van der Waals surface area contributed by atoms with E-state index < -0.39 is 0 Å². The second-order valence-electron chi connectivity index (χ2n) is 9.35. The van der Waals surface area contributed by atoms with Crippen molar-refractivity contribution in [3.8, 4) is 22.6 Å². The summed E-state index contributed by atoms with van der Waals surface area (Å²) < 4.78 is 2.49. The molecule has 1 aromatic heterocycles. The predicted octanol–water partition coefficient (Wildman–Crippen LogP) is 7.99. The predicted molar refractivity (Wildman–Crippen MR) is 148 cm³/mol. The maximum absolute atomic E-state index is 5.28. The van der Waals surface area contributed by atoms with E-state index in [1.807, 2.05) is 0 Å². The number of imidazole rings is 1. The van der Waals surface area contributed by atoms with Crippen molar-refractivity contribution in [2.75, 3.05) is 6.54 Å². The summed E-state index contributed by atoms with van der Waals surface area (Å²) in [5.74, 6) is 1.08. The normalized spacial score (nSPS) is 11.3. The third-order valence-electron chi connectivity index (χ3n) is 6.64. The SMILES string of the molecule is CCCCn1c(-c2ccccc2)nc(-c2ccccc2)c1CN(CCC)Cc1ccc(CC)cc1. The number of hydrogen-bond acceptors (Lipinski definition) is 2. The van der Waals surface area contributed by atoms with Crippen LogP contribution in [0.3, 0.4) is 0 Å². The second-order valence-corrected chi connectivity index (χ2v) is 9.35. The van der Waals surface area contributed by atoms with Gasteiger partial charge in [-0.25, -0.2) is 4.98 Å². The van der Waals surface area contributed by atoms with Crippen LogP contribution in [0.4, 0.5) is 0 Å². The molecule has 4 rings (SSSR count). The van der Waals surface area contributed by atoms with Gasteiger partial charge in [0, 0.05) is 30.8 Å². The maximum atomic E-state index is 5.28. The molecule has 0 saturated carbocycles. The number of hydrogen-bond donors (Lipinski definition) is 0. The van der Waals surface area contributed by atoms with Crippen molar-refractivity contribution in [2.24, 2.45) is 0 Å². The maximum Gasteiger partial charge on any atom is 0.140 e. The first-order valence-electron chi connectivity index (χ1n) is 13.2. The Balaban J connectivity index is 1.76. The molecule has 0 fully saturated rings. The summed E-state index contributed by atoms with van der Waals surface area (Å²) in [7, 11) is 0. The van der Waals surface area contributed by atoms with Crippen molar-refractivity contribution in [3.05, 3.63) is 102 Å². The summed E-state index contributed by atoms with van der Waals surface area (Å²) in [4.78, 5) is 7.87. The second kappa shape index (κ2) is 12.5. The zero-order chi connectivity index (χ0) is 24.5. The topological polar surface area (TPSA) is 21.1 Å². The molecule has 4 aromatic rings. The van der Waals surface area contributed by atoms with E-state index in [-0.39, 0.29) is 0 Å². The smallest absolute Gasteiger partial charge is 0.140 e. The van der Waals surface area contributed by atoms with Crippen LogP contribution in [0.2, 0.25) is 0 Å². The molecule has 0 atom stereocenters. The van der Waals surface area contributed by atoms with E-state index in [1.165, 1.54) is 27.9 Å². The Labute approximate surface area is 211 Å². The lowest BCUT2D eigenvalue weighted by Gasteiger charge is -2.24. The van der Waals surface area contributed by atoms with E-state index in [1.54, 1.807) is 0 Å². The minimum absolute atomic E-state index is 0.886. The molecule has 0 N–H and O–H groups in total. The first kappa shape index (κ1) is 24.9. The molecule has 3 nitrogen and oxygen atoms in total. The van der Waals surface area contributed by atoms with Gasteiger partial charge in [0.1, 0.15) is 5.82 Å². The van der Waals surface area contributed by atoms with Crippen LogP contribution in [0.25, 0.3) is 22.6 Å². The van der Waals surface area contributed by atoms with Gasteiger partial charge in [-0.15, -0.1) is 0 Å². The fourth-order valence-electron chi connectivity index (χ4n) is 4.72. The lowest BCUT2D eigenvalue weighted by atomic mass is 10.1. The van der Waals surface area contributed by atoms with E-state index in [9.17, 15) is 0 Å². The molecule has 3 heteroatoms. The van der Waals surface area contributed by atoms with E-state index in [4.69, 9.17) is 4.98 Å². The van der Waals surface area contributed by atoms with Gasteiger partial charge in [0.15, 0.2) is 0 Å². The quantitative estimate of drug-likeness (QED) is 0.211. The first-order valence-corrected chi connectivity index (χ1v) is 13.2. The van der Waals surface area contributed by atoms with Crippen LogP contribution in [-0.2, 0) is 26.1 Å². The molecule has 0 aliphatic heterocycles. The molecule has 0 bridgehead atoms. The Hall–Kier alpha value is -3.17. The summed E-state index contributed by atoms with van der Waals surface area (Å²) in [6, 6.07) is 30.5. The molecule has 182 valence electrons. The third kappa shape index (κ3) is 6.29. The summed E-state index contributed by atoms with van der Waals surface area (Å²) in [6.45, 7) is 10.6. The molecule has 0 unspecified atom stereocenters. The van der Waals surface area contributed by atoms with Crippen LogP contribution in [0.5, 0.6) is 0 Å². The van der Waals surface area contributed by atoms with Gasteiger partial charge in [-0.3, -0.25) is 4.90 Å². The summed E-state index contributed by atoms with van der Waals surface area (Å²) in [6.07, 6.45) is 4.51. The van der Waals surface area contributed by atoms with Crippen molar-refractivity contribution in [3.63, 3.8) is 0 Å². The van der Waals surface area contributed by atoms with Crippen molar-refractivity contribution in [2.45, 2.75) is 66.1 Å². The number of benzene rings is 3. The Morgan fingerprint density at radius 3 is 1.91 bits per heavy atom. The highest BCUT2D eigenvalue weighted by Gasteiger charge is 2.21. The number of aryl methyl sites for hydroxylation is 1. The number of unbranched alkanes of at least 4 members (excludes halogenated alkanes) is 1. The first-order chi connectivity index (χ1) is 17.2. The average Bonchev–Trinajstić information content (AvgIpc) is 3.27. The van der Waals surface area contributed by atoms with Gasteiger partial charge < -0.3 is 4.57 Å². The molecule has 0 spiro atoms. The summed E-state index contributed by atoms with van der Waals surface area (Å²) in [5.41, 5.74) is 7.58. The average molecular weight is 466 g/mol. The van der Waals surface area contributed by atoms with Crippen LogP contribution < -0.4 is 0 Å². The molecule has 0 aliphatic rings. The zero-order valence-electron chi connectivity index (χ0n) is 21.6. The molecule has 1 heterocycles. The van der Waals surface area contributed by atoms with Gasteiger partial charge in [-0.05, 0) is 36.9 Å². The minimum Gasteiger partial charge on any atom is -0.326 e. The Bertz CT molecular complexity index is 1160. The molecule has 0 radical (unpaired) electrons. The summed E-state index contributed by atoms with van der Waals surface area (Å²) >= 11 is 0. The van der Waals surface area contributed by atoms with Gasteiger partial charge in [-0.1, -0.05) is 112 Å². The minimum atomic E-state index is 0.886. The molecule has 0 aliphatic carbocycles. The fraction of sp³-hybridized carbons (Fsp3) is 0.344. The van der Waals surface area contributed by atoms with Gasteiger partial charge in [0.25, 0.3) is 0 Å². The third-order valence-corrected chi connectivity index (χ3v) is 6.64. The van der Waals surface area contributed by atoms with Gasteiger partial charge in [-0.2, -0.15) is 0 Å². The lowest BCUT2D eigenvalue weighted by Crippen LogP contribution is -2.25. The Morgan fingerprint density at radius 1 is 0.686 bits per heavy atom. The molecule has 0 saturated heterocycles. The number of rotatable bonds is 12. The Kier molecular flexibility index (Phi) is 8.91. The van der Waals surface area contributed by atoms with Crippen LogP contribution in [0.1, 0.15) is 56.9 Å². The van der Waals surface area contributed by atoms with Crippen molar-refractivity contribution >= 4 is 0 Å². The van der Waals surface area contributed by atoms with Crippen molar-refractivity contribution < 1.29 is 0 Å². The molecular formula is C32H39N3. The number of nitrogens with zero attached hydrogens (tertiary/aromatic N) is 3. The monoisotopic (exact) mass is 465 g/mol. The fourth-order valence-corrected chi connectivity index (χ4v) is 4.72. The summed E-state index contributed by atoms with van der Waals surface area (Å²) in [5, 5.41) is 0. The molecule has 3 aromatic carbocycles. The standard InChI is InChI=1S/C32H39N3/c1-4-7-23-35-30(25-34(22-5-2)24-27-20-18-26(6-3)19-21-27)31(28-14-10-8-11-15-28)33-32(35)29-16-12-9-13-17-29/h8-21H,4-7,22-25H2,1-3H3. The molecule has 35 heavy (non-hydrogen) atoms. The van der Waals surface area contributed by atoms with Gasteiger partial charge >= 0.3 is 0 Å². The highest BCUT2D eigenvalue weighted by molar-refractivity contribution is 5.68. The van der Waals surface area contributed by atoms with Crippen LogP contribution >= 0.6 is 0 Å². The Morgan fingerprint density at radius 2 is 1.31 bits per heavy atom. The van der Waals surface area contributed by atoms with Gasteiger partial charge in [0.2, 0.25) is 0 Å². The highest BCUT2D eigenvalue weighted by Crippen LogP contribution is 2.31. The highest BCUT2D eigenvalue weighted by atomic mass is 15.2. The van der Waals surface area contributed by atoms with E-state index in [2.05, 4.69) is 115 Å². The lowest BCUT2D eigenvalue weighted by molar-refractivity contribution is 0.251. The van der Waals surface area contributed by atoms with Gasteiger partial charge in [0.05, 0.1) is 11.4 Å². The molecular weight excluding hydrogens is 426 g/mol. The largest absolute Gasteiger partial charge is 0.326 e.